The molecule has 0 saturated carbocycles. The number of benzene rings is 2. The van der Waals surface area contributed by atoms with Crippen LogP contribution < -0.4 is 5.73 Å². The van der Waals surface area contributed by atoms with E-state index in [0.29, 0.717) is 10.5 Å². The van der Waals surface area contributed by atoms with Crippen molar-refractivity contribution >= 4 is 5.91 Å². The number of rotatable bonds is 6. The van der Waals surface area contributed by atoms with E-state index in [1.54, 1.807) is 31.2 Å². The Hall–Kier alpha value is -2.59. The number of hydrogen-bond donors (Lipinski definition) is 1. The van der Waals surface area contributed by atoms with Crippen molar-refractivity contribution in [1.29, 1.82) is 0 Å². The van der Waals surface area contributed by atoms with Crippen LogP contribution >= 0.6 is 0 Å². The van der Waals surface area contributed by atoms with Crippen LogP contribution in [0.15, 0.2) is 48.5 Å². The largest absolute Gasteiger partial charge is 0.406 e. The highest BCUT2D eigenvalue weighted by molar-refractivity contribution is 5.94. The van der Waals surface area contributed by atoms with Gasteiger partial charge in [0, 0.05) is 18.7 Å². The maximum Gasteiger partial charge on any atom is 0.406 e. The molecule has 10 heteroatoms. The SMILES string of the molecule is Cc1ccc(C[C@@H]2C(C(F)(F)F)N(CCCN)C(C(F)(F)F)CN2C(=O)c2ccccc2)cc1C. The molecule has 0 aromatic heterocycles. The van der Waals surface area contributed by atoms with Crippen molar-refractivity contribution in [3.05, 3.63) is 70.8 Å². The van der Waals surface area contributed by atoms with Gasteiger partial charge in [-0.05, 0) is 62.1 Å². The fourth-order valence-corrected chi connectivity index (χ4v) is 4.65. The van der Waals surface area contributed by atoms with Crippen molar-refractivity contribution in [2.24, 2.45) is 5.73 Å². The van der Waals surface area contributed by atoms with E-state index in [1.807, 2.05) is 6.92 Å². The highest BCUT2D eigenvalue weighted by Crippen LogP contribution is 2.41. The summed E-state index contributed by atoms with van der Waals surface area (Å²) in [5.74, 6) is -0.860. The van der Waals surface area contributed by atoms with Gasteiger partial charge < -0.3 is 10.6 Å². The molecule has 1 fully saturated rings. The Morgan fingerprint density at radius 1 is 0.971 bits per heavy atom. The van der Waals surface area contributed by atoms with E-state index in [0.717, 1.165) is 16.0 Å². The lowest BCUT2D eigenvalue weighted by Gasteiger charge is -2.52. The first-order chi connectivity index (χ1) is 16.3. The number of carbonyl (C=O) groups is 1. The summed E-state index contributed by atoms with van der Waals surface area (Å²) in [6, 6.07) is 6.03. The number of carbonyl (C=O) groups excluding carboxylic acids is 1. The van der Waals surface area contributed by atoms with Gasteiger partial charge >= 0.3 is 12.4 Å². The zero-order valence-electron chi connectivity index (χ0n) is 19.5. The third-order valence-corrected chi connectivity index (χ3v) is 6.52. The van der Waals surface area contributed by atoms with Crippen molar-refractivity contribution < 1.29 is 31.1 Å². The molecule has 3 rings (SSSR count). The molecule has 1 aliphatic heterocycles. The predicted octanol–water partition coefficient (Wildman–Crippen LogP) is 4.88. The van der Waals surface area contributed by atoms with Gasteiger partial charge in [0.2, 0.25) is 0 Å². The number of piperazine rings is 1. The molecule has 1 aliphatic rings. The summed E-state index contributed by atoms with van der Waals surface area (Å²) in [5, 5.41) is 0. The molecule has 192 valence electrons. The molecule has 3 atom stereocenters. The molecule has 1 heterocycles. The lowest BCUT2D eigenvalue weighted by atomic mass is 9.89. The first kappa shape index (κ1) is 27.0. The molecule has 2 N–H and O–H groups in total. The van der Waals surface area contributed by atoms with Crippen molar-refractivity contribution in [2.45, 2.75) is 57.2 Å². The highest BCUT2D eigenvalue weighted by atomic mass is 19.4. The van der Waals surface area contributed by atoms with E-state index in [-0.39, 0.29) is 24.9 Å². The van der Waals surface area contributed by atoms with Gasteiger partial charge in [0.15, 0.2) is 0 Å². The summed E-state index contributed by atoms with van der Waals surface area (Å²) in [6.07, 6.45) is -10.3. The second-order valence-electron chi connectivity index (χ2n) is 8.94. The van der Waals surface area contributed by atoms with Crippen LogP contribution in [0.5, 0.6) is 0 Å². The molecule has 2 aromatic carbocycles. The zero-order chi connectivity index (χ0) is 26.0. The number of nitrogens with two attached hydrogens (primary N) is 1. The number of nitrogens with zero attached hydrogens (tertiary/aromatic N) is 2. The van der Waals surface area contributed by atoms with Gasteiger partial charge in [-0.25, -0.2) is 0 Å². The molecule has 1 amide bonds. The lowest BCUT2D eigenvalue weighted by molar-refractivity contribution is -0.261. The number of aryl methyl sites for hydroxylation is 2. The molecule has 0 radical (unpaired) electrons. The summed E-state index contributed by atoms with van der Waals surface area (Å²) >= 11 is 0. The van der Waals surface area contributed by atoms with Gasteiger partial charge in [-0.3, -0.25) is 9.69 Å². The fourth-order valence-electron chi connectivity index (χ4n) is 4.65. The minimum absolute atomic E-state index is 0.0369. The first-order valence-electron chi connectivity index (χ1n) is 11.4. The van der Waals surface area contributed by atoms with E-state index < -0.39 is 49.5 Å². The van der Waals surface area contributed by atoms with Crippen LogP contribution in [0.2, 0.25) is 0 Å². The maximum atomic E-state index is 14.5. The fraction of sp³-hybridized carbons (Fsp3) is 0.480. The van der Waals surface area contributed by atoms with E-state index in [2.05, 4.69) is 0 Å². The third kappa shape index (κ3) is 6.16. The summed E-state index contributed by atoms with van der Waals surface area (Å²) in [6.45, 7) is 2.22. The number of alkyl halides is 6. The summed E-state index contributed by atoms with van der Waals surface area (Å²) in [4.78, 5) is 14.6. The standard InChI is InChI=1S/C25H29F6N3O/c1-16-9-10-18(13-17(16)2)14-20-22(25(29,30)31)33(12-6-11-32)21(24(26,27)28)15-34(20)23(35)19-7-4-3-5-8-19/h3-5,7-10,13,20-22H,6,11-12,14-15,32H2,1-2H3/t20-,21?,22?/m1/s1. The third-order valence-electron chi connectivity index (χ3n) is 6.52. The Kier molecular flexibility index (Phi) is 8.16. The van der Waals surface area contributed by atoms with Crippen molar-refractivity contribution in [1.82, 2.24) is 9.80 Å². The van der Waals surface area contributed by atoms with Crippen LogP contribution in [-0.2, 0) is 6.42 Å². The molecule has 2 unspecified atom stereocenters. The summed E-state index contributed by atoms with van der Waals surface area (Å²) in [7, 11) is 0. The number of hydrogen-bond acceptors (Lipinski definition) is 3. The molecule has 2 aromatic rings. The number of amides is 1. The Morgan fingerprint density at radius 3 is 2.17 bits per heavy atom. The van der Waals surface area contributed by atoms with Crippen LogP contribution in [0.4, 0.5) is 26.3 Å². The zero-order valence-corrected chi connectivity index (χ0v) is 19.5. The second kappa shape index (κ2) is 10.6. The Bertz CT molecular complexity index is 1010. The van der Waals surface area contributed by atoms with Gasteiger partial charge in [-0.2, -0.15) is 26.3 Å². The lowest BCUT2D eigenvalue weighted by Crippen LogP contribution is -2.72. The minimum Gasteiger partial charge on any atom is -0.331 e. The molecule has 4 nitrogen and oxygen atoms in total. The van der Waals surface area contributed by atoms with Gasteiger partial charge in [0.05, 0.1) is 6.04 Å². The first-order valence-corrected chi connectivity index (χ1v) is 11.4. The van der Waals surface area contributed by atoms with E-state index in [1.165, 1.54) is 24.3 Å². The van der Waals surface area contributed by atoms with Crippen molar-refractivity contribution in [3.63, 3.8) is 0 Å². The van der Waals surface area contributed by atoms with E-state index >= 15 is 0 Å². The molecule has 0 spiro atoms. The highest BCUT2D eigenvalue weighted by Gasteiger charge is 2.60. The Labute approximate surface area is 200 Å². The predicted molar refractivity (Wildman–Crippen MR) is 121 cm³/mol. The topological polar surface area (TPSA) is 49.6 Å². The molecular weight excluding hydrogens is 472 g/mol. The van der Waals surface area contributed by atoms with Gasteiger partial charge in [0.25, 0.3) is 5.91 Å². The van der Waals surface area contributed by atoms with Crippen LogP contribution in [0.25, 0.3) is 0 Å². The second-order valence-corrected chi connectivity index (χ2v) is 8.94. The summed E-state index contributed by atoms with van der Waals surface area (Å²) in [5.41, 5.74) is 7.77. The molecule has 0 aliphatic carbocycles. The summed E-state index contributed by atoms with van der Waals surface area (Å²) < 4.78 is 85.9. The maximum absolute atomic E-state index is 14.5. The molecule has 0 bridgehead atoms. The number of halogens is 6. The quantitative estimate of drug-likeness (QED) is 0.574. The van der Waals surface area contributed by atoms with Crippen LogP contribution in [0.1, 0.15) is 33.5 Å². The van der Waals surface area contributed by atoms with Crippen molar-refractivity contribution in [3.8, 4) is 0 Å². The average molecular weight is 502 g/mol. The van der Waals surface area contributed by atoms with Crippen LogP contribution in [0, 0.1) is 13.8 Å². The molecule has 1 saturated heterocycles. The smallest absolute Gasteiger partial charge is 0.331 e. The van der Waals surface area contributed by atoms with E-state index in [4.69, 9.17) is 5.73 Å². The Morgan fingerprint density at radius 2 is 1.63 bits per heavy atom. The molecule has 35 heavy (non-hydrogen) atoms. The normalized spacial score (nSPS) is 21.9. The van der Waals surface area contributed by atoms with Crippen molar-refractivity contribution in [2.75, 3.05) is 19.6 Å². The van der Waals surface area contributed by atoms with Gasteiger partial charge in [-0.1, -0.05) is 36.4 Å². The van der Waals surface area contributed by atoms with E-state index in [9.17, 15) is 31.1 Å². The van der Waals surface area contributed by atoms with Crippen LogP contribution in [0.3, 0.4) is 0 Å². The monoisotopic (exact) mass is 501 g/mol. The van der Waals surface area contributed by atoms with Crippen LogP contribution in [-0.4, -0.2) is 65.8 Å². The molecular formula is C25H29F6N3O. The minimum atomic E-state index is -5.02. The Balaban J connectivity index is 2.15. The van der Waals surface area contributed by atoms with Gasteiger partial charge in [0.1, 0.15) is 12.1 Å². The van der Waals surface area contributed by atoms with Gasteiger partial charge in [-0.15, -0.1) is 0 Å². The average Bonchev–Trinajstić information content (AvgIpc) is 2.78.